The van der Waals surface area contributed by atoms with Crippen molar-refractivity contribution < 1.29 is 0 Å². The molecule has 40 valence electrons. The van der Waals surface area contributed by atoms with E-state index >= 15 is 0 Å². The fourth-order valence-corrected chi connectivity index (χ4v) is 0.683. The number of hydrogen-bond donors (Lipinski definition) is 0. The summed E-state index contributed by atoms with van der Waals surface area (Å²) >= 11 is 0. The molecule has 0 N–H and O–H groups in total. The Labute approximate surface area is 50.0 Å². The second-order valence-electron chi connectivity index (χ2n) is 1.74. The third-order valence-corrected chi connectivity index (χ3v) is 1.19. The van der Waals surface area contributed by atoms with Gasteiger partial charge in [-0.25, -0.2) is 0 Å². The molecular formula is C6H8BN. The van der Waals surface area contributed by atoms with Crippen LogP contribution in [0.5, 0.6) is 0 Å². The van der Waals surface area contributed by atoms with Gasteiger partial charge in [0, 0.05) is 0 Å². The van der Waals surface area contributed by atoms with Crippen LogP contribution in [0.15, 0.2) is 18.3 Å². The molecule has 0 bridgehead atoms. The van der Waals surface area contributed by atoms with Crippen molar-refractivity contribution in [2.45, 2.75) is 6.92 Å². The Kier molecular flexibility index (Phi) is 1.33. The quantitative estimate of drug-likeness (QED) is 0.453. The van der Waals surface area contributed by atoms with E-state index in [0.29, 0.717) is 0 Å². The summed E-state index contributed by atoms with van der Waals surface area (Å²) in [5.41, 5.74) is 1.22. The summed E-state index contributed by atoms with van der Waals surface area (Å²) in [7, 11) is 3.63. The summed E-state index contributed by atoms with van der Waals surface area (Å²) in [5.74, 6) is 0. The van der Waals surface area contributed by atoms with Crippen LogP contribution in [-0.2, 0) is 0 Å². The monoisotopic (exact) mass is 105 g/mol. The van der Waals surface area contributed by atoms with E-state index in [-0.39, 0.29) is 0 Å². The summed E-state index contributed by atoms with van der Waals surface area (Å²) in [4.78, 5) is 0. The molecule has 1 heterocycles. The van der Waals surface area contributed by atoms with Gasteiger partial charge in [-0.2, -0.15) is 0 Å². The topological polar surface area (TPSA) is 4.93 Å². The molecule has 0 atom stereocenters. The molecule has 1 rings (SSSR count). The van der Waals surface area contributed by atoms with Gasteiger partial charge in [-0.05, 0) is 0 Å². The van der Waals surface area contributed by atoms with Gasteiger partial charge >= 0.3 is 49.1 Å². The summed E-state index contributed by atoms with van der Waals surface area (Å²) in [5, 5.41) is 0. The molecule has 0 unspecified atom stereocenters. The predicted molar refractivity (Wildman–Crippen MR) is 37.8 cm³/mol. The van der Waals surface area contributed by atoms with Crippen LogP contribution in [-0.4, -0.2) is 18.1 Å². The molecule has 0 aromatic carbocycles. The second-order valence-corrected chi connectivity index (χ2v) is 1.74. The second kappa shape index (κ2) is 1.99. The molecule has 8 heavy (non-hydrogen) atoms. The summed E-state index contributed by atoms with van der Waals surface area (Å²) < 4.78 is 1.97. The van der Waals surface area contributed by atoms with E-state index in [0.717, 1.165) is 0 Å². The van der Waals surface area contributed by atoms with Crippen molar-refractivity contribution in [2.24, 2.45) is 0 Å². The molecule has 0 aliphatic carbocycles. The number of aromatic nitrogens is 1. The zero-order chi connectivity index (χ0) is 5.98. The van der Waals surface area contributed by atoms with Gasteiger partial charge in [0.15, 0.2) is 0 Å². The predicted octanol–water partition coefficient (Wildman–Crippen LogP) is 0.305. The molecule has 0 aliphatic rings. The van der Waals surface area contributed by atoms with E-state index in [4.69, 9.17) is 0 Å². The van der Waals surface area contributed by atoms with Crippen LogP contribution < -0.4 is 0 Å². The molecular weight excluding hydrogens is 96.9 g/mol. The molecule has 1 aromatic heterocycles. The SMILES string of the molecule is B=Cn1cccc1C. The average molecular weight is 105 g/mol. The Hall–Kier alpha value is -0.785. The summed E-state index contributed by atoms with van der Waals surface area (Å²) in [6, 6.07) is 4.04. The standard InChI is InChI=1S/C6H8BN/c1-6-3-2-4-8(6)5-7/h2-5,7H,1H3. The van der Waals surface area contributed by atoms with E-state index in [1.54, 1.807) is 6.09 Å². The Morgan fingerprint density at radius 1 is 1.75 bits per heavy atom. The molecule has 0 radical (unpaired) electrons. The first-order chi connectivity index (χ1) is 3.84. The van der Waals surface area contributed by atoms with E-state index in [1.165, 1.54) is 5.69 Å². The van der Waals surface area contributed by atoms with Gasteiger partial charge in [0.05, 0.1) is 0 Å². The molecule has 2 heteroatoms. The Morgan fingerprint density at radius 3 is 2.75 bits per heavy atom. The van der Waals surface area contributed by atoms with Crippen molar-refractivity contribution in [1.29, 1.82) is 0 Å². The first-order valence-electron chi connectivity index (χ1n) is 2.60. The Bertz CT molecular complexity index is 190. The molecule has 1 nitrogen and oxygen atoms in total. The van der Waals surface area contributed by atoms with Crippen LogP contribution >= 0.6 is 0 Å². The van der Waals surface area contributed by atoms with Gasteiger partial charge in [-0.3, -0.25) is 0 Å². The van der Waals surface area contributed by atoms with Crippen LogP contribution in [0.2, 0.25) is 0 Å². The van der Waals surface area contributed by atoms with Gasteiger partial charge < -0.3 is 0 Å². The van der Waals surface area contributed by atoms with Crippen LogP contribution in [0, 0.1) is 6.92 Å². The van der Waals surface area contributed by atoms with Crippen molar-refractivity contribution >= 4 is 13.6 Å². The molecule has 0 aliphatic heterocycles. The fourth-order valence-electron chi connectivity index (χ4n) is 0.683. The maximum absolute atomic E-state index is 3.63. The third-order valence-electron chi connectivity index (χ3n) is 1.19. The van der Waals surface area contributed by atoms with E-state index < -0.39 is 0 Å². The normalized spacial score (nSPS) is 9.00. The minimum absolute atomic E-state index is 1.22. The van der Waals surface area contributed by atoms with Crippen LogP contribution in [0.25, 0.3) is 0 Å². The summed E-state index contributed by atoms with van der Waals surface area (Å²) in [6.07, 6.45) is 3.76. The van der Waals surface area contributed by atoms with Crippen molar-refractivity contribution in [2.75, 3.05) is 0 Å². The third kappa shape index (κ3) is 0.737. The first kappa shape index (κ1) is 5.35. The van der Waals surface area contributed by atoms with E-state index in [9.17, 15) is 0 Å². The number of aryl methyl sites for hydroxylation is 1. The Morgan fingerprint density at radius 2 is 2.50 bits per heavy atom. The first-order valence-corrected chi connectivity index (χ1v) is 2.60. The van der Waals surface area contributed by atoms with Crippen molar-refractivity contribution in [3.63, 3.8) is 0 Å². The Balaban J connectivity index is 3.09. The maximum atomic E-state index is 3.63. The zero-order valence-corrected chi connectivity index (χ0v) is 4.96. The molecule has 1 aromatic rings. The number of nitrogens with zero attached hydrogens (tertiary/aromatic N) is 1. The van der Waals surface area contributed by atoms with Gasteiger partial charge in [0.25, 0.3) is 0 Å². The van der Waals surface area contributed by atoms with Crippen molar-refractivity contribution in [3.8, 4) is 0 Å². The van der Waals surface area contributed by atoms with Gasteiger partial charge in [0.2, 0.25) is 0 Å². The van der Waals surface area contributed by atoms with E-state index in [1.807, 2.05) is 29.8 Å². The van der Waals surface area contributed by atoms with Gasteiger partial charge in [0.1, 0.15) is 0 Å². The van der Waals surface area contributed by atoms with Crippen LogP contribution in [0.1, 0.15) is 5.69 Å². The minimum atomic E-state index is 1.22. The number of hydrogen-bond acceptors (Lipinski definition) is 0. The molecule has 0 amide bonds. The number of rotatable bonds is 1. The van der Waals surface area contributed by atoms with Crippen LogP contribution in [0.3, 0.4) is 0 Å². The van der Waals surface area contributed by atoms with Crippen LogP contribution in [0.4, 0.5) is 0 Å². The fraction of sp³-hybridized carbons (Fsp3) is 0.167. The van der Waals surface area contributed by atoms with Gasteiger partial charge in [-0.1, -0.05) is 0 Å². The molecule has 0 spiro atoms. The van der Waals surface area contributed by atoms with Gasteiger partial charge in [-0.15, -0.1) is 0 Å². The molecule has 0 saturated carbocycles. The molecule has 0 saturated heterocycles. The summed E-state index contributed by atoms with van der Waals surface area (Å²) in [6.45, 7) is 2.04. The zero-order valence-electron chi connectivity index (χ0n) is 4.96. The van der Waals surface area contributed by atoms with Crippen molar-refractivity contribution in [3.05, 3.63) is 24.0 Å². The van der Waals surface area contributed by atoms with E-state index in [2.05, 4.69) is 7.49 Å². The molecule has 0 fully saturated rings. The van der Waals surface area contributed by atoms with Crippen molar-refractivity contribution in [1.82, 2.24) is 4.57 Å². The average Bonchev–Trinajstić information content (AvgIpc) is 2.14.